The molecule has 0 unspecified atom stereocenters. The van der Waals surface area contributed by atoms with Crippen molar-refractivity contribution in [3.05, 3.63) is 90.0 Å². The van der Waals surface area contributed by atoms with Crippen LogP contribution in [-0.4, -0.2) is 18.0 Å². The van der Waals surface area contributed by atoms with Crippen LogP contribution >= 0.6 is 0 Å². The van der Waals surface area contributed by atoms with Crippen LogP contribution in [0, 0.1) is 0 Å². The molecule has 0 heterocycles. The smallest absolute Gasteiger partial charge is 0.271 e. The van der Waals surface area contributed by atoms with Gasteiger partial charge in [0.2, 0.25) is 5.91 Å². The summed E-state index contributed by atoms with van der Waals surface area (Å²) >= 11 is 0. The third-order valence-corrected chi connectivity index (χ3v) is 3.66. The van der Waals surface area contributed by atoms with E-state index in [1.807, 2.05) is 54.6 Å². The highest BCUT2D eigenvalue weighted by atomic mass is 16.5. The van der Waals surface area contributed by atoms with Gasteiger partial charge in [-0.25, -0.2) is 5.43 Å². The summed E-state index contributed by atoms with van der Waals surface area (Å²) in [6.45, 7) is 1.41. The number of hydrogen-bond donors (Lipinski definition) is 2. The molecule has 6 nitrogen and oxygen atoms in total. The molecule has 0 spiro atoms. The molecule has 0 saturated carbocycles. The number of amides is 2. The van der Waals surface area contributed by atoms with E-state index in [0.29, 0.717) is 17.0 Å². The van der Waals surface area contributed by atoms with Crippen LogP contribution in [0.25, 0.3) is 0 Å². The molecule has 0 aliphatic heterocycles. The Morgan fingerprint density at radius 2 is 1.64 bits per heavy atom. The Morgan fingerprint density at radius 3 is 2.43 bits per heavy atom. The molecule has 3 aromatic rings. The van der Waals surface area contributed by atoms with Gasteiger partial charge in [0.05, 0.1) is 6.21 Å². The fraction of sp³-hybridized carbons (Fsp3) is 0.0455. The molecule has 28 heavy (non-hydrogen) atoms. The Labute approximate surface area is 162 Å². The summed E-state index contributed by atoms with van der Waals surface area (Å²) in [5.41, 5.74) is 4.20. The first-order valence-corrected chi connectivity index (χ1v) is 8.64. The van der Waals surface area contributed by atoms with Gasteiger partial charge in [-0.1, -0.05) is 36.4 Å². The van der Waals surface area contributed by atoms with Crippen molar-refractivity contribution in [2.45, 2.75) is 6.92 Å². The minimum atomic E-state index is -0.375. The number of ether oxygens (including phenoxy) is 1. The zero-order valence-corrected chi connectivity index (χ0v) is 15.3. The molecular formula is C22H19N3O3. The lowest BCUT2D eigenvalue weighted by atomic mass is 10.2. The van der Waals surface area contributed by atoms with Crippen molar-refractivity contribution in [1.29, 1.82) is 0 Å². The highest BCUT2D eigenvalue weighted by Crippen LogP contribution is 2.21. The highest BCUT2D eigenvalue weighted by Gasteiger charge is 2.05. The second-order valence-corrected chi connectivity index (χ2v) is 5.95. The fourth-order valence-corrected chi connectivity index (χ4v) is 2.45. The van der Waals surface area contributed by atoms with Crippen LogP contribution in [0.2, 0.25) is 0 Å². The summed E-state index contributed by atoms with van der Waals surface area (Å²) in [5, 5.41) is 6.63. The molecule has 3 rings (SSSR count). The number of benzene rings is 3. The van der Waals surface area contributed by atoms with Crippen LogP contribution in [0.3, 0.4) is 0 Å². The topological polar surface area (TPSA) is 79.8 Å². The first-order chi connectivity index (χ1) is 13.6. The number of nitrogens with one attached hydrogen (secondary N) is 2. The van der Waals surface area contributed by atoms with Gasteiger partial charge in [0, 0.05) is 18.2 Å². The Balaban J connectivity index is 1.62. The SMILES string of the molecule is CC(=O)Nc1cccc(C(=O)N/N=C\c2cccc(Oc3ccccc3)c2)c1. The molecule has 0 saturated heterocycles. The molecule has 140 valence electrons. The Kier molecular flexibility index (Phi) is 6.15. The molecule has 0 bridgehead atoms. The third-order valence-electron chi connectivity index (χ3n) is 3.66. The zero-order chi connectivity index (χ0) is 19.8. The summed E-state index contributed by atoms with van der Waals surface area (Å²) in [5.74, 6) is 0.835. The lowest BCUT2D eigenvalue weighted by Gasteiger charge is -2.06. The predicted octanol–water partition coefficient (Wildman–Crippen LogP) is 4.20. The Hall–Kier alpha value is -3.93. The van der Waals surface area contributed by atoms with Gasteiger partial charge in [0.25, 0.3) is 5.91 Å². The Bertz CT molecular complexity index is 1000. The second-order valence-electron chi connectivity index (χ2n) is 5.95. The average Bonchev–Trinajstić information content (AvgIpc) is 2.69. The lowest BCUT2D eigenvalue weighted by molar-refractivity contribution is -0.114. The van der Waals surface area contributed by atoms with Gasteiger partial charge in [0.1, 0.15) is 11.5 Å². The van der Waals surface area contributed by atoms with Crippen molar-refractivity contribution in [2.24, 2.45) is 5.10 Å². The molecule has 0 atom stereocenters. The van der Waals surface area contributed by atoms with Gasteiger partial charge in [-0.05, 0) is 48.0 Å². The molecule has 6 heteroatoms. The first kappa shape index (κ1) is 18.8. The minimum Gasteiger partial charge on any atom is -0.457 e. The number of rotatable bonds is 6. The molecule has 3 aromatic carbocycles. The monoisotopic (exact) mass is 373 g/mol. The normalized spacial score (nSPS) is 10.5. The number of nitrogens with zero attached hydrogens (tertiary/aromatic N) is 1. The van der Waals surface area contributed by atoms with E-state index in [4.69, 9.17) is 4.74 Å². The van der Waals surface area contributed by atoms with E-state index in [1.165, 1.54) is 13.1 Å². The highest BCUT2D eigenvalue weighted by molar-refractivity contribution is 5.97. The minimum absolute atomic E-state index is 0.201. The first-order valence-electron chi connectivity index (χ1n) is 8.64. The Morgan fingerprint density at radius 1 is 0.893 bits per heavy atom. The maximum Gasteiger partial charge on any atom is 0.271 e. The molecular weight excluding hydrogens is 354 g/mol. The van der Waals surface area contributed by atoms with Gasteiger partial charge in [0.15, 0.2) is 0 Å². The van der Waals surface area contributed by atoms with E-state index in [0.717, 1.165) is 11.3 Å². The lowest BCUT2D eigenvalue weighted by Crippen LogP contribution is -2.18. The standard InChI is InChI=1S/C22H19N3O3/c1-16(26)24-19-9-6-8-18(14-19)22(27)25-23-15-17-7-5-12-21(13-17)28-20-10-3-2-4-11-20/h2-15H,1H3,(H,24,26)(H,25,27)/b23-15-. The number of carbonyl (C=O) groups is 2. The number of anilines is 1. The van der Waals surface area contributed by atoms with Crippen LogP contribution in [0.1, 0.15) is 22.8 Å². The summed E-state index contributed by atoms with van der Waals surface area (Å²) in [6.07, 6.45) is 1.54. The summed E-state index contributed by atoms with van der Waals surface area (Å²) < 4.78 is 5.78. The average molecular weight is 373 g/mol. The van der Waals surface area contributed by atoms with Crippen LogP contribution in [-0.2, 0) is 4.79 Å². The summed E-state index contributed by atoms with van der Waals surface area (Å²) in [7, 11) is 0. The van der Waals surface area contributed by atoms with Crippen molar-refractivity contribution in [2.75, 3.05) is 5.32 Å². The van der Waals surface area contributed by atoms with Gasteiger partial charge >= 0.3 is 0 Å². The van der Waals surface area contributed by atoms with Gasteiger partial charge < -0.3 is 10.1 Å². The van der Waals surface area contributed by atoms with E-state index in [9.17, 15) is 9.59 Å². The maximum atomic E-state index is 12.2. The van der Waals surface area contributed by atoms with E-state index in [1.54, 1.807) is 24.3 Å². The van der Waals surface area contributed by atoms with Crippen LogP contribution in [0.15, 0.2) is 84.0 Å². The van der Waals surface area contributed by atoms with Crippen LogP contribution in [0.4, 0.5) is 5.69 Å². The third kappa shape index (κ3) is 5.54. The van der Waals surface area contributed by atoms with Gasteiger partial charge in [-0.2, -0.15) is 5.10 Å². The van der Waals surface area contributed by atoms with E-state index in [-0.39, 0.29) is 11.8 Å². The number of para-hydroxylation sites is 1. The molecule has 0 aromatic heterocycles. The van der Waals surface area contributed by atoms with Crippen LogP contribution in [0.5, 0.6) is 11.5 Å². The number of carbonyl (C=O) groups excluding carboxylic acids is 2. The maximum absolute atomic E-state index is 12.2. The van der Waals surface area contributed by atoms with Crippen molar-refractivity contribution in [3.8, 4) is 11.5 Å². The molecule has 2 N–H and O–H groups in total. The van der Waals surface area contributed by atoms with Crippen molar-refractivity contribution < 1.29 is 14.3 Å². The van der Waals surface area contributed by atoms with Crippen molar-refractivity contribution in [1.82, 2.24) is 5.43 Å². The zero-order valence-electron chi connectivity index (χ0n) is 15.3. The van der Waals surface area contributed by atoms with Gasteiger partial charge in [-0.15, -0.1) is 0 Å². The van der Waals surface area contributed by atoms with E-state index < -0.39 is 0 Å². The molecule has 0 aliphatic rings. The van der Waals surface area contributed by atoms with Crippen molar-refractivity contribution in [3.63, 3.8) is 0 Å². The number of hydrogen-bond acceptors (Lipinski definition) is 4. The van der Waals surface area contributed by atoms with Gasteiger partial charge in [-0.3, -0.25) is 9.59 Å². The number of hydrazone groups is 1. The quantitative estimate of drug-likeness (QED) is 0.502. The second kappa shape index (κ2) is 9.14. The fourth-order valence-electron chi connectivity index (χ4n) is 2.45. The van der Waals surface area contributed by atoms with E-state index >= 15 is 0 Å². The summed E-state index contributed by atoms with van der Waals surface area (Å²) in [4.78, 5) is 23.3. The molecule has 0 aliphatic carbocycles. The van der Waals surface area contributed by atoms with Crippen molar-refractivity contribution >= 4 is 23.7 Å². The molecule has 0 radical (unpaired) electrons. The molecule has 0 fully saturated rings. The molecule has 2 amide bonds. The predicted molar refractivity (Wildman–Crippen MR) is 109 cm³/mol. The van der Waals surface area contributed by atoms with E-state index in [2.05, 4.69) is 15.8 Å². The van der Waals surface area contributed by atoms with Crippen LogP contribution < -0.4 is 15.5 Å². The largest absolute Gasteiger partial charge is 0.457 e. The summed E-state index contributed by atoms with van der Waals surface area (Å²) in [6, 6.07) is 23.4.